The summed E-state index contributed by atoms with van der Waals surface area (Å²) < 4.78 is 10.5. The Morgan fingerprint density at radius 3 is 2.30 bits per heavy atom. The lowest BCUT2D eigenvalue weighted by Crippen LogP contribution is -2.32. The lowest BCUT2D eigenvalue weighted by Gasteiger charge is -2.19. The molecule has 1 aliphatic rings. The standard InChI is InChI=1S/C25H22N2O3/c1-17-6-4-8-20(14-17)27-24(19-10-12-21(29-2)13-11-19)26-23(25(27)28)16-18-7-5-9-22(15-18)30-3/h4-16H,1-3H3/b23-16+. The Kier molecular flexibility index (Phi) is 5.35. The molecule has 0 bridgehead atoms. The van der Waals surface area contributed by atoms with Gasteiger partial charge >= 0.3 is 0 Å². The molecule has 0 aromatic heterocycles. The van der Waals surface area contributed by atoms with E-state index in [1.165, 1.54) is 0 Å². The summed E-state index contributed by atoms with van der Waals surface area (Å²) in [7, 11) is 3.24. The molecule has 30 heavy (non-hydrogen) atoms. The van der Waals surface area contributed by atoms with Crippen molar-refractivity contribution in [2.24, 2.45) is 4.99 Å². The highest BCUT2D eigenvalue weighted by molar-refractivity contribution is 6.33. The number of ether oxygens (including phenoxy) is 2. The molecule has 1 aliphatic heterocycles. The van der Waals surface area contributed by atoms with E-state index in [4.69, 9.17) is 14.5 Å². The summed E-state index contributed by atoms with van der Waals surface area (Å²) in [6.45, 7) is 2.00. The van der Waals surface area contributed by atoms with Gasteiger partial charge < -0.3 is 9.47 Å². The van der Waals surface area contributed by atoms with Gasteiger partial charge in [-0.25, -0.2) is 4.99 Å². The number of amidine groups is 1. The quantitative estimate of drug-likeness (QED) is 0.578. The molecule has 3 aromatic rings. The number of rotatable bonds is 5. The first kappa shape index (κ1) is 19.5. The molecule has 3 aromatic carbocycles. The van der Waals surface area contributed by atoms with Crippen LogP contribution >= 0.6 is 0 Å². The normalized spacial score (nSPS) is 14.8. The number of hydrogen-bond donors (Lipinski definition) is 0. The average Bonchev–Trinajstić information content (AvgIpc) is 3.10. The second-order valence-electron chi connectivity index (χ2n) is 6.95. The fourth-order valence-corrected chi connectivity index (χ4v) is 3.35. The van der Waals surface area contributed by atoms with Crippen molar-refractivity contribution in [3.05, 3.63) is 95.2 Å². The Morgan fingerprint density at radius 1 is 0.867 bits per heavy atom. The molecule has 4 rings (SSSR count). The van der Waals surface area contributed by atoms with Crippen LogP contribution in [0.1, 0.15) is 16.7 Å². The summed E-state index contributed by atoms with van der Waals surface area (Å²) >= 11 is 0. The smallest absolute Gasteiger partial charge is 0.282 e. The first-order valence-corrected chi connectivity index (χ1v) is 9.59. The van der Waals surface area contributed by atoms with Gasteiger partial charge in [0.25, 0.3) is 5.91 Å². The Labute approximate surface area is 175 Å². The summed E-state index contributed by atoms with van der Waals surface area (Å²) in [6.07, 6.45) is 1.78. The number of aliphatic imine (C=N–C) groups is 1. The van der Waals surface area contributed by atoms with Crippen molar-refractivity contribution >= 4 is 23.5 Å². The Hall–Kier alpha value is -3.86. The molecule has 5 heteroatoms. The predicted molar refractivity (Wildman–Crippen MR) is 119 cm³/mol. The molecular weight excluding hydrogens is 376 g/mol. The maximum absolute atomic E-state index is 13.4. The molecule has 0 saturated heterocycles. The highest BCUT2D eigenvalue weighted by Gasteiger charge is 2.32. The zero-order chi connectivity index (χ0) is 21.1. The van der Waals surface area contributed by atoms with E-state index in [-0.39, 0.29) is 5.91 Å². The lowest BCUT2D eigenvalue weighted by molar-refractivity contribution is -0.113. The molecule has 0 saturated carbocycles. The second kappa shape index (κ2) is 8.25. The lowest BCUT2D eigenvalue weighted by atomic mass is 10.1. The number of benzene rings is 3. The average molecular weight is 398 g/mol. The molecule has 1 amide bonds. The van der Waals surface area contributed by atoms with Crippen LogP contribution in [-0.4, -0.2) is 26.0 Å². The van der Waals surface area contributed by atoms with E-state index in [9.17, 15) is 4.79 Å². The van der Waals surface area contributed by atoms with Gasteiger partial charge in [-0.15, -0.1) is 0 Å². The second-order valence-corrected chi connectivity index (χ2v) is 6.95. The zero-order valence-electron chi connectivity index (χ0n) is 17.1. The van der Waals surface area contributed by atoms with Gasteiger partial charge in [0.05, 0.1) is 19.9 Å². The molecule has 0 unspecified atom stereocenters. The van der Waals surface area contributed by atoms with Gasteiger partial charge in [0.15, 0.2) is 0 Å². The molecular formula is C25H22N2O3. The maximum Gasteiger partial charge on any atom is 0.282 e. The largest absolute Gasteiger partial charge is 0.497 e. The third-order valence-corrected chi connectivity index (χ3v) is 4.87. The summed E-state index contributed by atoms with van der Waals surface area (Å²) in [4.78, 5) is 19.7. The Balaban J connectivity index is 1.81. The van der Waals surface area contributed by atoms with Gasteiger partial charge in [0.1, 0.15) is 23.0 Å². The van der Waals surface area contributed by atoms with Crippen LogP contribution in [0.3, 0.4) is 0 Å². The van der Waals surface area contributed by atoms with Crippen LogP contribution in [0, 0.1) is 6.92 Å². The Bertz CT molecular complexity index is 1150. The maximum atomic E-state index is 13.4. The SMILES string of the molecule is COc1ccc(C2=N/C(=C/c3cccc(OC)c3)C(=O)N2c2cccc(C)c2)cc1. The van der Waals surface area contributed by atoms with Crippen LogP contribution < -0.4 is 14.4 Å². The van der Waals surface area contributed by atoms with Crippen LogP contribution in [0.15, 0.2) is 83.5 Å². The topological polar surface area (TPSA) is 51.1 Å². The number of carbonyl (C=O) groups excluding carboxylic acids is 1. The fourth-order valence-electron chi connectivity index (χ4n) is 3.35. The van der Waals surface area contributed by atoms with Crippen molar-refractivity contribution < 1.29 is 14.3 Å². The minimum Gasteiger partial charge on any atom is -0.497 e. The monoisotopic (exact) mass is 398 g/mol. The van der Waals surface area contributed by atoms with Crippen LogP contribution in [-0.2, 0) is 4.79 Å². The van der Waals surface area contributed by atoms with Gasteiger partial charge in [0.2, 0.25) is 0 Å². The molecule has 0 N–H and O–H groups in total. The predicted octanol–water partition coefficient (Wildman–Crippen LogP) is 4.85. The number of hydrogen-bond acceptors (Lipinski definition) is 4. The van der Waals surface area contributed by atoms with Crippen LogP contribution in [0.4, 0.5) is 5.69 Å². The fraction of sp³-hybridized carbons (Fsp3) is 0.120. The molecule has 0 atom stereocenters. The van der Waals surface area contributed by atoms with E-state index in [2.05, 4.69) is 0 Å². The van der Waals surface area contributed by atoms with Crippen molar-refractivity contribution in [1.29, 1.82) is 0 Å². The summed E-state index contributed by atoms with van der Waals surface area (Å²) in [5.41, 5.74) is 3.90. The number of anilines is 1. The molecule has 0 radical (unpaired) electrons. The number of methoxy groups -OCH3 is 2. The van der Waals surface area contributed by atoms with Crippen molar-refractivity contribution in [3.8, 4) is 11.5 Å². The number of amides is 1. The molecule has 0 fully saturated rings. The summed E-state index contributed by atoms with van der Waals surface area (Å²) in [5, 5.41) is 0. The van der Waals surface area contributed by atoms with Crippen molar-refractivity contribution in [3.63, 3.8) is 0 Å². The van der Waals surface area contributed by atoms with Gasteiger partial charge in [-0.1, -0.05) is 24.3 Å². The van der Waals surface area contributed by atoms with Crippen molar-refractivity contribution in [1.82, 2.24) is 0 Å². The van der Waals surface area contributed by atoms with Crippen LogP contribution in [0.2, 0.25) is 0 Å². The van der Waals surface area contributed by atoms with E-state index >= 15 is 0 Å². The first-order chi connectivity index (χ1) is 14.6. The molecule has 0 spiro atoms. The third-order valence-electron chi connectivity index (χ3n) is 4.87. The van der Waals surface area contributed by atoms with Gasteiger partial charge in [-0.3, -0.25) is 9.69 Å². The van der Waals surface area contributed by atoms with E-state index in [1.807, 2.05) is 79.7 Å². The minimum absolute atomic E-state index is 0.172. The summed E-state index contributed by atoms with van der Waals surface area (Å²) in [5.74, 6) is 1.89. The number of carbonyl (C=O) groups is 1. The highest BCUT2D eigenvalue weighted by Crippen LogP contribution is 2.29. The van der Waals surface area contributed by atoms with E-state index in [0.717, 1.165) is 33.9 Å². The van der Waals surface area contributed by atoms with Crippen molar-refractivity contribution in [2.45, 2.75) is 6.92 Å². The zero-order valence-corrected chi connectivity index (χ0v) is 17.1. The first-order valence-electron chi connectivity index (χ1n) is 9.59. The third kappa shape index (κ3) is 3.82. The summed E-state index contributed by atoms with van der Waals surface area (Å²) in [6, 6.07) is 22.9. The molecule has 0 aliphatic carbocycles. The Morgan fingerprint density at radius 2 is 1.60 bits per heavy atom. The number of nitrogens with zero attached hydrogens (tertiary/aromatic N) is 2. The van der Waals surface area contributed by atoms with E-state index < -0.39 is 0 Å². The molecule has 1 heterocycles. The van der Waals surface area contributed by atoms with Crippen molar-refractivity contribution in [2.75, 3.05) is 19.1 Å². The molecule has 150 valence electrons. The van der Waals surface area contributed by atoms with Gasteiger partial charge in [-0.05, 0) is 72.7 Å². The van der Waals surface area contributed by atoms with E-state index in [0.29, 0.717) is 11.5 Å². The van der Waals surface area contributed by atoms with Crippen LogP contribution in [0.25, 0.3) is 6.08 Å². The van der Waals surface area contributed by atoms with Gasteiger partial charge in [-0.2, -0.15) is 0 Å². The van der Waals surface area contributed by atoms with Crippen LogP contribution in [0.5, 0.6) is 11.5 Å². The van der Waals surface area contributed by atoms with E-state index in [1.54, 1.807) is 25.2 Å². The molecule has 5 nitrogen and oxygen atoms in total. The minimum atomic E-state index is -0.172. The number of aryl methyl sites for hydroxylation is 1. The van der Waals surface area contributed by atoms with Gasteiger partial charge in [0, 0.05) is 5.56 Å². The highest BCUT2D eigenvalue weighted by atomic mass is 16.5.